The molecule has 0 aromatic carbocycles. The van der Waals surface area contributed by atoms with Gasteiger partial charge in [-0.05, 0) is 20.3 Å². The zero-order valence-electron chi connectivity index (χ0n) is 12.9. The standard InChI is InChI=1S/C16H30N2S/c1-4-5-6-7-8-9-10-11-12-15(17)16-13(2)18-14(3)19-16/h15H,4-12,17H2,1-3H3. The van der Waals surface area contributed by atoms with Crippen LogP contribution < -0.4 is 5.73 Å². The number of aryl methyl sites for hydroxylation is 2. The van der Waals surface area contributed by atoms with E-state index in [4.69, 9.17) is 5.73 Å². The molecule has 0 spiro atoms. The quantitative estimate of drug-likeness (QED) is 0.592. The van der Waals surface area contributed by atoms with Gasteiger partial charge in [-0.25, -0.2) is 4.98 Å². The van der Waals surface area contributed by atoms with Crippen molar-refractivity contribution in [1.29, 1.82) is 0 Å². The van der Waals surface area contributed by atoms with E-state index in [0.29, 0.717) is 0 Å². The topological polar surface area (TPSA) is 38.9 Å². The maximum atomic E-state index is 6.26. The monoisotopic (exact) mass is 282 g/mol. The number of unbranched alkanes of at least 4 members (excludes halogenated alkanes) is 7. The van der Waals surface area contributed by atoms with Gasteiger partial charge >= 0.3 is 0 Å². The van der Waals surface area contributed by atoms with Gasteiger partial charge in [0.05, 0.1) is 10.7 Å². The highest BCUT2D eigenvalue weighted by molar-refractivity contribution is 7.11. The van der Waals surface area contributed by atoms with Crippen LogP contribution in [-0.2, 0) is 0 Å². The minimum absolute atomic E-state index is 0.200. The minimum Gasteiger partial charge on any atom is -0.323 e. The Balaban J connectivity index is 2.08. The molecule has 0 bridgehead atoms. The predicted octanol–water partition coefficient (Wildman–Crippen LogP) is 5.29. The van der Waals surface area contributed by atoms with Gasteiger partial charge in [-0.1, -0.05) is 58.3 Å². The van der Waals surface area contributed by atoms with E-state index in [0.717, 1.165) is 17.1 Å². The van der Waals surface area contributed by atoms with Crippen molar-refractivity contribution in [3.8, 4) is 0 Å². The Morgan fingerprint density at radius 3 is 2.11 bits per heavy atom. The molecule has 0 amide bonds. The summed E-state index contributed by atoms with van der Waals surface area (Å²) < 4.78 is 0. The van der Waals surface area contributed by atoms with Gasteiger partial charge in [0, 0.05) is 10.9 Å². The van der Waals surface area contributed by atoms with E-state index in [2.05, 4.69) is 25.8 Å². The van der Waals surface area contributed by atoms with E-state index in [-0.39, 0.29) is 6.04 Å². The van der Waals surface area contributed by atoms with E-state index in [9.17, 15) is 0 Å². The molecule has 1 unspecified atom stereocenters. The molecule has 0 saturated carbocycles. The molecule has 1 rings (SSSR count). The van der Waals surface area contributed by atoms with Crippen LogP contribution in [0.5, 0.6) is 0 Å². The highest BCUT2D eigenvalue weighted by Gasteiger charge is 2.12. The van der Waals surface area contributed by atoms with E-state index in [1.807, 2.05) is 0 Å². The molecule has 1 atom stereocenters. The lowest BCUT2D eigenvalue weighted by molar-refractivity contribution is 0.538. The molecular weight excluding hydrogens is 252 g/mol. The number of thiazole rings is 1. The van der Waals surface area contributed by atoms with Crippen molar-refractivity contribution >= 4 is 11.3 Å². The van der Waals surface area contributed by atoms with Crippen LogP contribution in [0.1, 0.15) is 86.3 Å². The molecule has 3 heteroatoms. The summed E-state index contributed by atoms with van der Waals surface area (Å²) in [6, 6.07) is 0.200. The zero-order valence-corrected chi connectivity index (χ0v) is 13.7. The van der Waals surface area contributed by atoms with E-state index in [1.165, 1.54) is 56.2 Å². The SMILES string of the molecule is CCCCCCCCCCC(N)c1sc(C)nc1C. The average Bonchev–Trinajstić information content (AvgIpc) is 2.71. The Kier molecular flexibility index (Phi) is 8.31. The minimum atomic E-state index is 0.200. The van der Waals surface area contributed by atoms with Gasteiger partial charge in [-0.3, -0.25) is 0 Å². The molecule has 0 radical (unpaired) electrons. The van der Waals surface area contributed by atoms with Gasteiger partial charge in [-0.15, -0.1) is 11.3 Å². The fourth-order valence-corrected chi connectivity index (χ4v) is 3.48. The van der Waals surface area contributed by atoms with Gasteiger partial charge in [0.2, 0.25) is 0 Å². The molecule has 19 heavy (non-hydrogen) atoms. The summed E-state index contributed by atoms with van der Waals surface area (Å²) in [4.78, 5) is 5.75. The van der Waals surface area contributed by atoms with Crippen molar-refractivity contribution in [2.45, 2.75) is 84.6 Å². The van der Waals surface area contributed by atoms with Crippen molar-refractivity contribution in [2.24, 2.45) is 5.73 Å². The summed E-state index contributed by atoms with van der Waals surface area (Å²) in [5.41, 5.74) is 7.39. The average molecular weight is 282 g/mol. The largest absolute Gasteiger partial charge is 0.323 e. The summed E-state index contributed by atoms with van der Waals surface area (Å²) in [5.74, 6) is 0. The molecule has 2 N–H and O–H groups in total. The third kappa shape index (κ3) is 6.53. The van der Waals surface area contributed by atoms with Crippen molar-refractivity contribution in [2.75, 3.05) is 0 Å². The van der Waals surface area contributed by atoms with Crippen LogP contribution in [0.25, 0.3) is 0 Å². The molecule has 0 aliphatic carbocycles. The molecule has 0 fully saturated rings. The van der Waals surface area contributed by atoms with Crippen LogP contribution in [0.3, 0.4) is 0 Å². The first kappa shape index (κ1) is 16.6. The number of aromatic nitrogens is 1. The number of hydrogen-bond acceptors (Lipinski definition) is 3. The van der Waals surface area contributed by atoms with E-state index in [1.54, 1.807) is 11.3 Å². The van der Waals surface area contributed by atoms with E-state index < -0.39 is 0 Å². The number of rotatable bonds is 10. The Morgan fingerprint density at radius 1 is 1.00 bits per heavy atom. The summed E-state index contributed by atoms with van der Waals surface area (Å²) in [7, 11) is 0. The molecule has 110 valence electrons. The van der Waals surface area contributed by atoms with Gasteiger partial charge in [0.15, 0.2) is 0 Å². The molecule has 2 nitrogen and oxygen atoms in total. The smallest absolute Gasteiger partial charge is 0.0900 e. The Morgan fingerprint density at radius 2 is 1.58 bits per heavy atom. The normalized spacial score (nSPS) is 12.8. The molecule has 0 aliphatic heterocycles. The Bertz CT molecular complexity index is 347. The fourth-order valence-electron chi connectivity index (χ4n) is 2.52. The lowest BCUT2D eigenvalue weighted by Gasteiger charge is -2.10. The first-order valence-electron chi connectivity index (χ1n) is 7.84. The van der Waals surface area contributed by atoms with Gasteiger partial charge in [0.1, 0.15) is 0 Å². The van der Waals surface area contributed by atoms with Crippen LogP contribution >= 0.6 is 11.3 Å². The van der Waals surface area contributed by atoms with Gasteiger partial charge < -0.3 is 5.73 Å². The Hall–Kier alpha value is -0.410. The lowest BCUT2D eigenvalue weighted by atomic mass is 10.0. The molecular formula is C16H30N2S. The van der Waals surface area contributed by atoms with Crippen LogP contribution in [0.15, 0.2) is 0 Å². The first-order valence-corrected chi connectivity index (χ1v) is 8.66. The van der Waals surface area contributed by atoms with Gasteiger partial charge in [-0.2, -0.15) is 0 Å². The van der Waals surface area contributed by atoms with Crippen LogP contribution in [0.2, 0.25) is 0 Å². The number of nitrogens with zero attached hydrogens (tertiary/aromatic N) is 1. The van der Waals surface area contributed by atoms with Crippen molar-refractivity contribution in [3.63, 3.8) is 0 Å². The molecule has 1 aromatic heterocycles. The highest BCUT2D eigenvalue weighted by Crippen LogP contribution is 2.26. The van der Waals surface area contributed by atoms with Crippen molar-refractivity contribution in [3.05, 3.63) is 15.6 Å². The molecule has 1 heterocycles. The summed E-state index contributed by atoms with van der Waals surface area (Å²) >= 11 is 1.76. The van der Waals surface area contributed by atoms with Crippen molar-refractivity contribution < 1.29 is 0 Å². The van der Waals surface area contributed by atoms with Crippen LogP contribution in [0, 0.1) is 13.8 Å². The van der Waals surface area contributed by atoms with Crippen LogP contribution in [0.4, 0.5) is 0 Å². The number of hydrogen-bond donors (Lipinski definition) is 1. The van der Waals surface area contributed by atoms with Crippen LogP contribution in [-0.4, -0.2) is 4.98 Å². The second-order valence-corrected chi connectivity index (χ2v) is 6.79. The fraction of sp³-hybridized carbons (Fsp3) is 0.812. The first-order chi connectivity index (χ1) is 9.15. The second-order valence-electron chi connectivity index (χ2n) is 5.55. The Labute approximate surface area is 122 Å². The number of nitrogens with two attached hydrogens (primary N) is 1. The summed E-state index contributed by atoms with van der Waals surface area (Å²) in [6.07, 6.45) is 12.0. The molecule has 0 saturated heterocycles. The van der Waals surface area contributed by atoms with Gasteiger partial charge in [0.25, 0.3) is 0 Å². The molecule has 0 aliphatic rings. The molecule has 1 aromatic rings. The second kappa shape index (κ2) is 9.49. The third-order valence-corrected chi connectivity index (χ3v) is 4.85. The summed E-state index contributed by atoms with van der Waals surface area (Å²) in [6.45, 7) is 6.40. The lowest BCUT2D eigenvalue weighted by Crippen LogP contribution is -2.09. The highest BCUT2D eigenvalue weighted by atomic mass is 32.1. The van der Waals surface area contributed by atoms with E-state index >= 15 is 0 Å². The van der Waals surface area contributed by atoms with Crippen molar-refractivity contribution in [1.82, 2.24) is 4.98 Å². The predicted molar refractivity (Wildman–Crippen MR) is 85.7 cm³/mol. The summed E-state index contributed by atoms with van der Waals surface area (Å²) in [5, 5.41) is 1.14. The maximum Gasteiger partial charge on any atom is 0.0900 e. The maximum absolute atomic E-state index is 6.26. The third-order valence-electron chi connectivity index (χ3n) is 3.64. The zero-order chi connectivity index (χ0) is 14.1.